The van der Waals surface area contributed by atoms with Gasteiger partial charge in [-0.3, -0.25) is 4.98 Å². The van der Waals surface area contributed by atoms with E-state index in [1.807, 2.05) is 39.8 Å². The molecule has 8 bridgehead atoms. The van der Waals surface area contributed by atoms with Crippen LogP contribution in [0.1, 0.15) is 88.5 Å². The van der Waals surface area contributed by atoms with Gasteiger partial charge in [-0.15, -0.1) is 22.1 Å². The first-order valence-corrected chi connectivity index (χ1v) is 12.9. The molecule has 0 saturated carbocycles. The molecule has 42 heavy (non-hydrogen) atoms. The van der Waals surface area contributed by atoms with Crippen LogP contribution in [0, 0.1) is 13.8 Å². The van der Waals surface area contributed by atoms with Crippen LogP contribution in [0.5, 0.6) is 0 Å². The third kappa shape index (κ3) is 6.44. The number of aromatic nitrogens is 4. The predicted molar refractivity (Wildman–Crippen MR) is 146 cm³/mol. The van der Waals surface area contributed by atoms with Gasteiger partial charge in [0.1, 0.15) is 0 Å². The molecule has 1 atom stereocenters. The van der Waals surface area contributed by atoms with E-state index in [2.05, 4.69) is 11.6 Å². The average Bonchev–Trinajstić information content (AvgIpc) is 3.57. The van der Waals surface area contributed by atoms with Crippen molar-refractivity contribution >= 4 is 51.2 Å². The van der Waals surface area contributed by atoms with Crippen molar-refractivity contribution in [2.75, 3.05) is 0 Å². The number of nitrogens with zero attached hydrogens (tertiary/aromatic N) is 4. The van der Waals surface area contributed by atoms with Gasteiger partial charge in [-0.1, -0.05) is 55.8 Å². The molecule has 0 N–H and O–H groups in total. The van der Waals surface area contributed by atoms with Crippen molar-refractivity contribution in [1.82, 2.24) is 19.9 Å². The van der Waals surface area contributed by atoms with Crippen LogP contribution in [0.25, 0.3) is 39.3 Å². The van der Waals surface area contributed by atoms with E-state index in [9.17, 15) is 19.8 Å². The van der Waals surface area contributed by atoms with E-state index in [1.165, 1.54) is 0 Å². The zero-order valence-electron chi connectivity index (χ0n) is 24.9. The molecule has 8 nitrogen and oxygen atoms in total. The molecule has 11 heteroatoms. The number of carbonyl (C=O) groups is 2. The fourth-order valence-corrected chi connectivity index (χ4v) is 5.56. The molecule has 0 aliphatic carbocycles. The molecule has 5 rings (SSSR count). The molecule has 0 fully saturated rings. The number of rotatable bonds is 5. The fraction of sp³-hybridized carbons (Fsp3) is 0.290. The molecule has 0 saturated heterocycles. The summed E-state index contributed by atoms with van der Waals surface area (Å²) in [6.45, 7) is 13.6. The van der Waals surface area contributed by atoms with Gasteiger partial charge in [-0.2, -0.15) is 0 Å². The quantitative estimate of drug-likeness (QED) is 0.276. The summed E-state index contributed by atoms with van der Waals surface area (Å²) >= 11 is 0. The van der Waals surface area contributed by atoms with Crippen LogP contribution < -0.4 is 79.3 Å². The molecule has 5 heterocycles. The average molecular weight is 630 g/mol. The Hall–Kier alpha value is -1.94. The van der Waals surface area contributed by atoms with Gasteiger partial charge in [0.25, 0.3) is 0 Å². The van der Waals surface area contributed by atoms with E-state index in [-0.39, 0.29) is 98.7 Å². The van der Waals surface area contributed by atoms with E-state index >= 15 is 0 Å². The SMILES string of the molecule is C=Cc1c(C)c2cc3nc(c(CC(=O)[O-])c4[n-]c(cc5nc(cc1[n-]2)C(C)=C5CC)c(C)c4C(=O)[O-])CC3C.[Cu+2].[Na+].[Na+]. The molecule has 3 aromatic rings. The maximum Gasteiger partial charge on any atom is 2.00 e. The molecule has 0 amide bonds. The second kappa shape index (κ2) is 14.2. The van der Waals surface area contributed by atoms with Gasteiger partial charge in [0, 0.05) is 29.7 Å². The van der Waals surface area contributed by atoms with E-state index in [1.54, 1.807) is 19.1 Å². The minimum Gasteiger partial charge on any atom is -0.657 e. The second-order valence-corrected chi connectivity index (χ2v) is 10.1. The Kier molecular flexibility index (Phi) is 12.3. The van der Waals surface area contributed by atoms with Crippen LogP contribution in [0.4, 0.5) is 0 Å². The van der Waals surface area contributed by atoms with Crippen molar-refractivity contribution in [2.45, 2.75) is 59.8 Å². The molecule has 2 aliphatic rings. The molecular weight excluding hydrogens is 602 g/mol. The number of aliphatic carboxylic acids is 1. The molecule has 0 spiro atoms. The standard InChI is InChI=1S/C31H32N4O4.Cu.2Na/c1-7-18-15(4)22-11-21-14(3)9-25(32-21)20(10-28(36)37)30-29(31(38)39)17(6)24(35-30)13-27-19(8-2)16(5)23(34-27)12-26(18)33-22;;;/h7,11-14H,1,8-10H2,2-6H3,(H4,32,33,34,35,36,37,38,39);;;/q;+2;2*+1/p-4. The largest absolute Gasteiger partial charge is 2.00 e. The van der Waals surface area contributed by atoms with Gasteiger partial charge >= 0.3 is 76.2 Å². The van der Waals surface area contributed by atoms with Crippen molar-refractivity contribution in [3.05, 3.63) is 75.4 Å². The van der Waals surface area contributed by atoms with Gasteiger partial charge in [0.15, 0.2) is 0 Å². The molecule has 1 unspecified atom stereocenters. The van der Waals surface area contributed by atoms with Gasteiger partial charge in [-0.05, 0) is 61.4 Å². The molecule has 0 aromatic carbocycles. The number of carboxylic acids is 2. The molecule has 1 radical (unpaired) electrons. The van der Waals surface area contributed by atoms with E-state index in [4.69, 9.17) is 15.0 Å². The van der Waals surface area contributed by atoms with Crippen LogP contribution in [-0.2, 0) is 34.7 Å². The Morgan fingerprint density at radius 3 is 2.24 bits per heavy atom. The Balaban J connectivity index is 0.00000205. The third-order valence-corrected chi connectivity index (χ3v) is 7.74. The van der Waals surface area contributed by atoms with E-state index in [0.29, 0.717) is 35.3 Å². The first-order valence-electron chi connectivity index (χ1n) is 12.9. The summed E-state index contributed by atoms with van der Waals surface area (Å²) in [6, 6.07) is 5.60. The zero-order chi connectivity index (χ0) is 28.2. The normalized spacial score (nSPS) is 14.0. The minimum atomic E-state index is -1.43. The van der Waals surface area contributed by atoms with Crippen molar-refractivity contribution in [2.24, 2.45) is 0 Å². The van der Waals surface area contributed by atoms with Crippen LogP contribution in [0.3, 0.4) is 0 Å². The summed E-state index contributed by atoms with van der Waals surface area (Å²) in [4.78, 5) is 43.3. The van der Waals surface area contributed by atoms with E-state index < -0.39 is 18.4 Å². The first kappa shape index (κ1) is 36.3. The third-order valence-electron chi connectivity index (χ3n) is 7.74. The maximum absolute atomic E-state index is 12.3. The van der Waals surface area contributed by atoms with Crippen LogP contribution >= 0.6 is 0 Å². The van der Waals surface area contributed by atoms with Crippen molar-refractivity contribution in [1.29, 1.82) is 0 Å². The molecule has 3 aromatic heterocycles. The number of fused-ring (bicyclic) bond motifs is 8. The Labute approximate surface area is 299 Å². The number of aryl methyl sites for hydroxylation is 2. The second-order valence-electron chi connectivity index (χ2n) is 10.1. The van der Waals surface area contributed by atoms with Crippen molar-refractivity contribution in [3.63, 3.8) is 0 Å². The monoisotopic (exact) mass is 629 g/mol. The number of hydrogen-bond acceptors (Lipinski definition) is 6. The molecule has 209 valence electrons. The summed E-state index contributed by atoms with van der Waals surface area (Å²) < 4.78 is 0. The van der Waals surface area contributed by atoms with Crippen LogP contribution in [0.2, 0.25) is 0 Å². The van der Waals surface area contributed by atoms with Gasteiger partial charge in [0.05, 0.1) is 17.4 Å². The summed E-state index contributed by atoms with van der Waals surface area (Å²) in [6.07, 6.45) is 2.38. The zero-order valence-corrected chi connectivity index (χ0v) is 29.9. The van der Waals surface area contributed by atoms with Gasteiger partial charge in [0.2, 0.25) is 0 Å². The smallest absolute Gasteiger partial charge is 0.657 e. The first-order chi connectivity index (χ1) is 18.5. The number of carbonyl (C=O) groups excluding carboxylic acids is 2. The van der Waals surface area contributed by atoms with Crippen LogP contribution in [-0.4, -0.2) is 21.9 Å². The van der Waals surface area contributed by atoms with Crippen molar-refractivity contribution < 1.29 is 96.0 Å². The predicted octanol–water partition coefficient (Wildman–Crippen LogP) is -2.82. The van der Waals surface area contributed by atoms with E-state index in [0.717, 1.165) is 44.7 Å². The molecular formula is C31H28CuN4Na2O4. The summed E-state index contributed by atoms with van der Waals surface area (Å²) in [5.41, 5.74) is 8.87. The number of allylic oxidation sites excluding steroid dienone is 2. The molecule has 2 aliphatic heterocycles. The Morgan fingerprint density at radius 2 is 1.64 bits per heavy atom. The minimum absolute atomic E-state index is 0. The maximum atomic E-state index is 12.3. The topological polar surface area (TPSA) is 134 Å². The summed E-state index contributed by atoms with van der Waals surface area (Å²) in [5, 5.41) is 24.2. The Bertz CT molecular complexity index is 1790. The van der Waals surface area contributed by atoms with Gasteiger partial charge in [-0.25, -0.2) is 4.98 Å². The number of hydrogen-bond donors (Lipinski definition) is 0. The summed E-state index contributed by atoms with van der Waals surface area (Å²) in [5.74, 6) is -2.83. The van der Waals surface area contributed by atoms with Crippen LogP contribution in [0.15, 0.2) is 24.8 Å². The van der Waals surface area contributed by atoms with Gasteiger partial charge < -0.3 is 29.8 Å². The Morgan fingerprint density at radius 1 is 1.00 bits per heavy atom. The summed E-state index contributed by atoms with van der Waals surface area (Å²) in [7, 11) is 0. The fourth-order valence-electron chi connectivity index (χ4n) is 5.56. The van der Waals surface area contributed by atoms with Crippen molar-refractivity contribution in [3.8, 4) is 0 Å². The number of carboxylic acid groups (broad SMARTS) is 2. The number of aromatic carboxylic acids is 1.